The Balaban J connectivity index is 1.93. The Morgan fingerprint density at radius 2 is 2.06 bits per heavy atom. The van der Waals surface area contributed by atoms with E-state index in [1.54, 1.807) is 5.01 Å². The lowest BCUT2D eigenvalue weighted by Gasteiger charge is -2.27. The summed E-state index contributed by atoms with van der Waals surface area (Å²) < 4.78 is 7.98. The number of nitrogens with two attached hydrogens (primary N) is 2. The lowest BCUT2D eigenvalue weighted by atomic mass is 9.85. The molecule has 1 unspecified atom stereocenters. The molecule has 2 aliphatic rings. The Hall–Kier alpha value is -2.35. The average Bonchev–Trinajstić information content (AvgIpc) is 3.06. The standard InChI is InChI=1S/C25H37N5O2/c1-5-20(26)24(29(4)27)17-12-22-23(28-14-17)19-7-6-18(25(2,3)31)13-21(19)30(22)15-16-8-10-32-11-9-16/h7,12-14,16,18,31H,5-6,8-11,15,26-27H2,1-4H3/b24-20-. The maximum absolute atomic E-state index is 10.7. The van der Waals surface area contributed by atoms with Crippen molar-refractivity contribution in [2.75, 3.05) is 20.3 Å². The number of aliphatic hydroxyl groups is 1. The van der Waals surface area contributed by atoms with Crippen LogP contribution < -0.4 is 22.1 Å². The van der Waals surface area contributed by atoms with Gasteiger partial charge < -0.3 is 25.2 Å². The van der Waals surface area contributed by atoms with Crippen LogP contribution in [0.25, 0.3) is 28.9 Å². The Bertz CT molecular complexity index is 1130. The maximum Gasteiger partial charge on any atom is 0.0956 e. The molecule has 5 N–H and O–H groups in total. The summed E-state index contributed by atoms with van der Waals surface area (Å²) in [5.41, 5.74) is 10.1. The number of hydrogen-bond acceptors (Lipinski definition) is 6. The van der Waals surface area contributed by atoms with Gasteiger partial charge in [0.25, 0.3) is 0 Å². The second kappa shape index (κ2) is 8.89. The van der Waals surface area contributed by atoms with E-state index in [0.29, 0.717) is 12.3 Å². The number of fused-ring (bicyclic) bond motifs is 3. The summed E-state index contributed by atoms with van der Waals surface area (Å²) in [6.07, 6.45) is 9.97. The molecule has 1 fully saturated rings. The summed E-state index contributed by atoms with van der Waals surface area (Å²) in [5.74, 6) is 6.76. The predicted octanol–water partition coefficient (Wildman–Crippen LogP) is 1.66. The van der Waals surface area contributed by atoms with Crippen molar-refractivity contribution in [2.45, 2.75) is 58.6 Å². The molecule has 4 rings (SSSR count). The van der Waals surface area contributed by atoms with Crippen LogP contribution in [0, 0.1) is 11.8 Å². The van der Waals surface area contributed by atoms with Crippen LogP contribution in [-0.4, -0.2) is 45.5 Å². The molecule has 1 atom stereocenters. The smallest absolute Gasteiger partial charge is 0.0956 e. The van der Waals surface area contributed by atoms with Crippen LogP contribution in [0.4, 0.5) is 0 Å². The van der Waals surface area contributed by atoms with Crippen LogP contribution in [0.1, 0.15) is 52.0 Å². The van der Waals surface area contributed by atoms with Crippen LogP contribution >= 0.6 is 0 Å². The van der Waals surface area contributed by atoms with Crippen molar-refractivity contribution in [2.24, 2.45) is 23.4 Å². The van der Waals surface area contributed by atoms with E-state index in [2.05, 4.69) is 22.8 Å². The van der Waals surface area contributed by atoms with E-state index < -0.39 is 5.60 Å². The number of aromatic nitrogens is 2. The monoisotopic (exact) mass is 439 g/mol. The van der Waals surface area contributed by atoms with Gasteiger partial charge in [-0.3, -0.25) is 4.98 Å². The molecule has 1 aliphatic carbocycles. The first kappa shape index (κ1) is 22.8. The van der Waals surface area contributed by atoms with E-state index in [1.807, 2.05) is 34.0 Å². The van der Waals surface area contributed by atoms with E-state index >= 15 is 0 Å². The van der Waals surface area contributed by atoms with Crippen molar-refractivity contribution in [3.8, 4) is 0 Å². The minimum Gasteiger partial charge on any atom is -0.400 e. The molecule has 0 radical (unpaired) electrons. The Kier molecular flexibility index (Phi) is 6.34. The average molecular weight is 440 g/mol. The Morgan fingerprint density at radius 3 is 2.69 bits per heavy atom. The SMILES string of the molecule is CC/C(N)=C(\c1cnc2c3c(n(CC4CCOCC4)c2c1)=CC(C(C)(C)O)CC=3)N(C)N. The van der Waals surface area contributed by atoms with E-state index in [4.69, 9.17) is 21.3 Å². The summed E-state index contributed by atoms with van der Waals surface area (Å²) in [6, 6.07) is 2.17. The van der Waals surface area contributed by atoms with Gasteiger partial charge in [0.05, 0.1) is 22.3 Å². The second-order valence-corrected chi connectivity index (χ2v) is 9.76. The Morgan fingerprint density at radius 1 is 1.34 bits per heavy atom. The minimum absolute atomic E-state index is 0.0635. The third kappa shape index (κ3) is 4.29. The number of hydrazine groups is 1. The van der Waals surface area contributed by atoms with Gasteiger partial charge in [0, 0.05) is 60.7 Å². The molecule has 32 heavy (non-hydrogen) atoms. The van der Waals surface area contributed by atoms with Crippen molar-refractivity contribution >= 4 is 28.9 Å². The van der Waals surface area contributed by atoms with Gasteiger partial charge in [-0.2, -0.15) is 0 Å². The topological polar surface area (TPSA) is 103 Å². The Labute approximate surface area is 190 Å². The van der Waals surface area contributed by atoms with Crippen molar-refractivity contribution in [3.63, 3.8) is 0 Å². The lowest BCUT2D eigenvalue weighted by Crippen LogP contribution is -2.40. The molecule has 0 bridgehead atoms. The molecule has 0 aromatic carbocycles. The van der Waals surface area contributed by atoms with Crippen LogP contribution in [-0.2, 0) is 11.3 Å². The summed E-state index contributed by atoms with van der Waals surface area (Å²) in [4.78, 5) is 4.88. The zero-order chi connectivity index (χ0) is 23.0. The van der Waals surface area contributed by atoms with Crippen LogP contribution in [0.15, 0.2) is 18.0 Å². The molecule has 2 aromatic heterocycles. The number of allylic oxidation sites excluding steroid dienone is 1. The number of rotatable bonds is 6. The number of ether oxygens (including phenoxy) is 1. The maximum atomic E-state index is 10.7. The largest absolute Gasteiger partial charge is 0.400 e. The van der Waals surface area contributed by atoms with Gasteiger partial charge in [0.15, 0.2) is 0 Å². The van der Waals surface area contributed by atoms with E-state index in [9.17, 15) is 5.11 Å². The van der Waals surface area contributed by atoms with Gasteiger partial charge in [0.2, 0.25) is 0 Å². The zero-order valence-corrected chi connectivity index (χ0v) is 19.8. The summed E-state index contributed by atoms with van der Waals surface area (Å²) in [5, 5.41) is 14.6. The van der Waals surface area contributed by atoms with Gasteiger partial charge in [-0.1, -0.05) is 19.1 Å². The minimum atomic E-state index is -0.777. The fourth-order valence-electron chi connectivity index (χ4n) is 4.94. The van der Waals surface area contributed by atoms with Gasteiger partial charge in [-0.05, 0) is 51.5 Å². The van der Waals surface area contributed by atoms with E-state index in [0.717, 1.165) is 77.6 Å². The van der Waals surface area contributed by atoms with Crippen molar-refractivity contribution < 1.29 is 9.84 Å². The van der Waals surface area contributed by atoms with Gasteiger partial charge >= 0.3 is 0 Å². The molecule has 0 amide bonds. The first-order valence-electron chi connectivity index (χ1n) is 11.7. The molecular weight excluding hydrogens is 402 g/mol. The molecule has 7 heteroatoms. The number of pyridine rings is 1. The normalized spacial score (nSPS) is 20.4. The number of hydrogen-bond donors (Lipinski definition) is 3. The highest BCUT2D eigenvalue weighted by Gasteiger charge is 2.27. The quantitative estimate of drug-likeness (QED) is 0.467. The molecule has 3 heterocycles. The lowest BCUT2D eigenvalue weighted by molar-refractivity contribution is 0.0448. The van der Waals surface area contributed by atoms with Gasteiger partial charge in [-0.15, -0.1) is 0 Å². The highest BCUT2D eigenvalue weighted by Crippen LogP contribution is 2.27. The van der Waals surface area contributed by atoms with Gasteiger partial charge in [-0.25, -0.2) is 5.84 Å². The first-order chi connectivity index (χ1) is 15.2. The van der Waals surface area contributed by atoms with Crippen LogP contribution in [0.3, 0.4) is 0 Å². The van der Waals surface area contributed by atoms with Crippen LogP contribution in [0.2, 0.25) is 0 Å². The highest BCUT2D eigenvalue weighted by molar-refractivity contribution is 5.82. The fourth-order valence-corrected chi connectivity index (χ4v) is 4.94. The molecule has 174 valence electrons. The molecule has 0 saturated carbocycles. The first-order valence-corrected chi connectivity index (χ1v) is 11.7. The van der Waals surface area contributed by atoms with Crippen LogP contribution in [0.5, 0.6) is 0 Å². The zero-order valence-electron chi connectivity index (χ0n) is 19.8. The molecule has 1 aliphatic heterocycles. The van der Waals surface area contributed by atoms with Crippen molar-refractivity contribution in [3.05, 3.63) is 34.1 Å². The summed E-state index contributed by atoms with van der Waals surface area (Å²) >= 11 is 0. The molecule has 0 spiro atoms. The fraction of sp³-hybridized carbons (Fsp3) is 0.560. The number of nitrogens with zero attached hydrogens (tertiary/aromatic N) is 3. The third-order valence-electron chi connectivity index (χ3n) is 6.92. The third-order valence-corrected chi connectivity index (χ3v) is 6.92. The molecule has 7 nitrogen and oxygen atoms in total. The summed E-state index contributed by atoms with van der Waals surface area (Å²) in [7, 11) is 1.81. The molecule has 2 aromatic rings. The predicted molar refractivity (Wildman–Crippen MR) is 129 cm³/mol. The van der Waals surface area contributed by atoms with Crippen molar-refractivity contribution in [1.29, 1.82) is 0 Å². The van der Waals surface area contributed by atoms with E-state index in [-0.39, 0.29) is 5.92 Å². The second-order valence-electron chi connectivity index (χ2n) is 9.76. The van der Waals surface area contributed by atoms with E-state index in [1.165, 1.54) is 0 Å². The summed E-state index contributed by atoms with van der Waals surface area (Å²) in [6.45, 7) is 8.33. The molecule has 1 saturated heterocycles. The highest BCUT2D eigenvalue weighted by atomic mass is 16.5. The van der Waals surface area contributed by atoms with Gasteiger partial charge in [0.1, 0.15) is 0 Å². The van der Waals surface area contributed by atoms with Crippen molar-refractivity contribution in [1.82, 2.24) is 14.6 Å². The molecular formula is C25H37N5O2.